The average molecular weight is 182 g/mol. The summed E-state index contributed by atoms with van der Waals surface area (Å²) < 4.78 is 0. The summed E-state index contributed by atoms with van der Waals surface area (Å²) in [4.78, 5) is 0. The highest BCUT2D eigenvalue weighted by atomic mass is 14.2. The summed E-state index contributed by atoms with van der Waals surface area (Å²) >= 11 is 0. The van der Waals surface area contributed by atoms with Crippen LogP contribution in [0.4, 0.5) is 0 Å². The summed E-state index contributed by atoms with van der Waals surface area (Å²) in [6.07, 6.45) is 7.47. The summed E-state index contributed by atoms with van der Waals surface area (Å²) in [5.41, 5.74) is 0. The molecule has 0 radical (unpaired) electrons. The van der Waals surface area contributed by atoms with Gasteiger partial charge in [-0.2, -0.15) is 0 Å². The van der Waals surface area contributed by atoms with Gasteiger partial charge in [0.25, 0.3) is 0 Å². The Morgan fingerprint density at radius 3 is 2.08 bits per heavy atom. The van der Waals surface area contributed by atoms with Gasteiger partial charge in [0, 0.05) is 0 Å². The molecule has 0 saturated carbocycles. The van der Waals surface area contributed by atoms with Gasteiger partial charge < -0.3 is 0 Å². The van der Waals surface area contributed by atoms with Crippen LogP contribution < -0.4 is 0 Å². The molecule has 0 aliphatic rings. The molecule has 0 spiro atoms. The maximum atomic E-state index is 3.88. The van der Waals surface area contributed by atoms with E-state index in [1.807, 2.05) is 0 Å². The van der Waals surface area contributed by atoms with E-state index < -0.39 is 0 Å². The van der Waals surface area contributed by atoms with Crippen LogP contribution in [0.1, 0.15) is 53.4 Å². The third-order valence-electron chi connectivity index (χ3n) is 3.37. The Balaban J connectivity index is 3.77. The van der Waals surface area contributed by atoms with Crippen molar-refractivity contribution >= 4 is 0 Å². The quantitative estimate of drug-likeness (QED) is 0.502. The first-order valence-electron chi connectivity index (χ1n) is 5.78. The van der Waals surface area contributed by atoms with E-state index >= 15 is 0 Å². The Kier molecular flexibility index (Phi) is 7.03. The van der Waals surface area contributed by atoms with Crippen LogP contribution in [0.15, 0.2) is 12.7 Å². The van der Waals surface area contributed by atoms with Gasteiger partial charge >= 0.3 is 0 Å². The minimum Gasteiger partial charge on any atom is -0.103 e. The lowest BCUT2D eigenvalue weighted by molar-refractivity contribution is 0.337. The fourth-order valence-corrected chi connectivity index (χ4v) is 1.73. The number of rotatable bonds is 7. The van der Waals surface area contributed by atoms with Crippen LogP contribution in [0.25, 0.3) is 0 Å². The summed E-state index contributed by atoms with van der Waals surface area (Å²) in [5, 5.41) is 0. The van der Waals surface area contributed by atoms with Crippen LogP contribution in [-0.2, 0) is 0 Å². The molecule has 78 valence electrons. The second-order valence-corrected chi connectivity index (χ2v) is 4.35. The minimum atomic E-state index is 0.689. The van der Waals surface area contributed by atoms with Crippen molar-refractivity contribution in [3.05, 3.63) is 12.7 Å². The molecule has 13 heavy (non-hydrogen) atoms. The lowest BCUT2D eigenvalue weighted by Crippen LogP contribution is -2.09. The monoisotopic (exact) mass is 182 g/mol. The third-order valence-corrected chi connectivity index (χ3v) is 3.37. The molecule has 0 rings (SSSR count). The fraction of sp³-hybridized carbons (Fsp3) is 0.846. The first-order valence-corrected chi connectivity index (χ1v) is 5.78. The van der Waals surface area contributed by atoms with Crippen molar-refractivity contribution in [2.75, 3.05) is 0 Å². The van der Waals surface area contributed by atoms with E-state index in [1.54, 1.807) is 0 Å². The highest BCUT2D eigenvalue weighted by Crippen LogP contribution is 2.24. The van der Waals surface area contributed by atoms with E-state index in [1.165, 1.54) is 25.7 Å². The van der Waals surface area contributed by atoms with E-state index in [-0.39, 0.29) is 0 Å². The Labute approximate surface area is 84.4 Å². The average Bonchev–Trinajstić information content (AvgIpc) is 2.17. The van der Waals surface area contributed by atoms with Gasteiger partial charge in [-0.25, -0.2) is 0 Å². The van der Waals surface area contributed by atoms with Gasteiger partial charge in [0.15, 0.2) is 0 Å². The smallest absolute Gasteiger partial charge is 0.0236 e. The molecule has 0 amide bonds. The van der Waals surface area contributed by atoms with E-state index in [9.17, 15) is 0 Å². The summed E-state index contributed by atoms with van der Waals surface area (Å²) in [7, 11) is 0. The summed E-state index contributed by atoms with van der Waals surface area (Å²) in [5.74, 6) is 2.44. The second kappa shape index (κ2) is 7.17. The zero-order chi connectivity index (χ0) is 10.3. The lowest BCUT2D eigenvalue weighted by atomic mass is 9.85. The predicted octanol–water partition coefficient (Wildman–Crippen LogP) is 4.66. The predicted molar refractivity (Wildman–Crippen MR) is 61.8 cm³/mol. The maximum Gasteiger partial charge on any atom is -0.0236 e. The molecule has 0 aromatic heterocycles. The Bertz CT molecular complexity index is 126. The fourth-order valence-electron chi connectivity index (χ4n) is 1.73. The number of hydrogen-bond donors (Lipinski definition) is 0. The van der Waals surface area contributed by atoms with E-state index in [0.717, 1.165) is 11.8 Å². The van der Waals surface area contributed by atoms with Crippen molar-refractivity contribution in [3.63, 3.8) is 0 Å². The molecule has 0 saturated heterocycles. The lowest BCUT2D eigenvalue weighted by Gasteiger charge is -2.21. The highest BCUT2D eigenvalue weighted by Gasteiger charge is 2.13. The topological polar surface area (TPSA) is 0 Å². The van der Waals surface area contributed by atoms with E-state index in [0.29, 0.717) is 5.92 Å². The highest BCUT2D eigenvalue weighted by molar-refractivity contribution is 4.80. The standard InChI is InChI=1S/C13H26/c1-6-11(4)9-10-13(8-3)12(5)7-2/h7,11-13H,2,6,8-10H2,1,3-5H3. The molecular weight excluding hydrogens is 156 g/mol. The van der Waals surface area contributed by atoms with Gasteiger partial charge in [-0.15, -0.1) is 6.58 Å². The first kappa shape index (κ1) is 12.7. The summed E-state index contributed by atoms with van der Waals surface area (Å²) in [6, 6.07) is 0. The van der Waals surface area contributed by atoms with Crippen molar-refractivity contribution in [2.45, 2.75) is 53.4 Å². The second-order valence-electron chi connectivity index (χ2n) is 4.35. The number of hydrogen-bond acceptors (Lipinski definition) is 0. The molecule has 0 nitrogen and oxygen atoms in total. The van der Waals surface area contributed by atoms with Gasteiger partial charge in [0.05, 0.1) is 0 Å². The van der Waals surface area contributed by atoms with Crippen molar-refractivity contribution in [3.8, 4) is 0 Å². The van der Waals surface area contributed by atoms with Crippen molar-refractivity contribution in [1.82, 2.24) is 0 Å². The van der Waals surface area contributed by atoms with Crippen molar-refractivity contribution in [1.29, 1.82) is 0 Å². The SMILES string of the molecule is C=CC(C)C(CC)CCC(C)CC. The third kappa shape index (κ3) is 5.13. The minimum absolute atomic E-state index is 0.689. The van der Waals surface area contributed by atoms with Crippen LogP contribution >= 0.6 is 0 Å². The Morgan fingerprint density at radius 2 is 1.69 bits per heavy atom. The van der Waals surface area contributed by atoms with Gasteiger partial charge in [0.2, 0.25) is 0 Å². The molecule has 0 aromatic rings. The number of allylic oxidation sites excluding steroid dienone is 1. The van der Waals surface area contributed by atoms with Crippen molar-refractivity contribution in [2.24, 2.45) is 17.8 Å². The molecule has 0 aliphatic carbocycles. The van der Waals surface area contributed by atoms with Gasteiger partial charge in [-0.3, -0.25) is 0 Å². The molecular formula is C13H26. The first-order chi connectivity index (χ1) is 6.15. The van der Waals surface area contributed by atoms with Crippen LogP contribution in [-0.4, -0.2) is 0 Å². The van der Waals surface area contributed by atoms with Gasteiger partial charge in [-0.1, -0.05) is 53.0 Å². The van der Waals surface area contributed by atoms with Crippen LogP contribution in [0, 0.1) is 17.8 Å². The molecule has 0 heteroatoms. The Morgan fingerprint density at radius 1 is 1.08 bits per heavy atom. The zero-order valence-corrected chi connectivity index (χ0v) is 9.84. The van der Waals surface area contributed by atoms with Crippen molar-refractivity contribution < 1.29 is 0 Å². The molecule has 3 unspecified atom stereocenters. The summed E-state index contributed by atoms with van der Waals surface area (Å²) in [6.45, 7) is 13.1. The molecule has 0 heterocycles. The largest absolute Gasteiger partial charge is 0.103 e. The van der Waals surface area contributed by atoms with Gasteiger partial charge in [0.1, 0.15) is 0 Å². The zero-order valence-electron chi connectivity index (χ0n) is 9.84. The molecule has 0 bridgehead atoms. The molecule has 0 aromatic carbocycles. The van der Waals surface area contributed by atoms with E-state index in [2.05, 4.69) is 40.3 Å². The molecule has 0 aliphatic heterocycles. The molecule has 3 atom stereocenters. The van der Waals surface area contributed by atoms with Gasteiger partial charge in [-0.05, 0) is 24.2 Å². The molecule has 0 fully saturated rings. The normalized spacial score (nSPS) is 17.8. The van der Waals surface area contributed by atoms with Crippen LogP contribution in [0.3, 0.4) is 0 Å². The Hall–Kier alpha value is -0.260. The maximum absolute atomic E-state index is 3.88. The van der Waals surface area contributed by atoms with Crippen LogP contribution in [0.5, 0.6) is 0 Å². The van der Waals surface area contributed by atoms with E-state index in [4.69, 9.17) is 0 Å². The molecule has 0 N–H and O–H groups in total. The van der Waals surface area contributed by atoms with Crippen LogP contribution in [0.2, 0.25) is 0 Å².